The molecule has 1 N–H and O–H groups in total. The summed E-state index contributed by atoms with van der Waals surface area (Å²) in [6.45, 7) is 3.74. The molecule has 8 heteroatoms. The van der Waals surface area contributed by atoms with Crippen LogP contribution >= 0.6 is 0 Å². The standard InChI is InChI=1S/C25H27FN2O4S/c1-3-32-23-13-15-24(16-14-23)33(30,31)28(17-20-7-5-4-6-8-20)18-25(29)27-19(2)21-9-11-22(26)12-10-21/h4-16,19H,3,17-18H2,1-2H3,(H,27,29). The maximum absolute atomic E-state index is 13.4. The third-order valence-electron chi connectivity index (χ3n) is 5.04. The van der Waals surface area contributed by atoms with Crippen molar-refractivity contribution in [3.8, 4) is 5.75 Å². The fourth-order valence-electron chi connectivity index (χ4n) is 3.32. The fraction of sp³-hybridized carbons (Fsp3) is 0.240. The molecule has 3 rings (SSSR count). The molecular formula is C25H27FN2O4S. The summed E-state index contributed by atoms with van der Waals surface area (Å²) >= 11 is 0. The second-order valence-electron chi connectivity index (χ2n) is 7.50. The Morgan fingerprint density at radius 3 is 2.24 bits per heavy atom. The molecule has 0 aromatic heterocycles. The van der Waals surface area contributed by atoms with Crippen molar-refractivity contribution in [3.05, 3.63) is 95.8 Å². The maximum atomic E-state index is 13.4. The zero-order chi connectivity index (χ0) is 23.8. The van der Waals surface area contributed by atoms with Crippen LogP contribution in [0.1, 0.15) is 31.0 Å². The SMILES string of the molecule is CCOc1ccc(S(=O)(=O)N(CC(=O)NC(C)c2ccc(F)cc2)Cc2ccccc2)cc1. The van der Waals surface area contributed by atoms with E-state index in [0.29, 0.717) is 17.9 Å². The lowest BCUT2D eigenvalue weighted by Gasteiger charge is -2.23. The highest BCUT2D eigenvalue weighted by Gasteiger charge is 2.27. The number of carbonyl (C=O) groups excluding carboxylic acids is 1. The highest BCUT2D eigenvalue weighted by Crippen LogP contribution is 2.22. The van der Waals surface area contributed by atoms with Crippen molar-refractivity contribution in [2.45, 2.75) is 31.3 Å². The van der Waals surface area contributed by atoms with Crippen LogP contribution < -0.4 is 10.1 Å². The van der Waals surface area contributed by atoms with Crippen LogP contribution in [0.3, 0.4) is 0 Å². The molecule has 33 heavy (non-hydrogen) atoms. The zero-order valence-corrected chi connectivity index (χ0v) is 19.4. The van der Waals surface area contributed by atoms with Crippen LogP contribution in [0.15, 0.2) is 83.8 Å². The molecule has 0 radical (unpaired) electrons. The Hall–Kier alpha value is -3.23. The van der Waals surface area contributed by atoms with Gasteiger partial charge < -0.3 is 10.1 Å². The first-order valence-electron chi connectivity index (χ1n) is 10.6. The molecule has 1 atom stereocenters. The van der Waals surface area contributed by atoms with Crippen LogP contribution in [0.25, 0.3) is 0 Å². The number of benzene rings is 3. The highest BCUT2D eigenvalue weighted by molar-refractivity contribution is 7.89. The molecular weight excluding hydrogens is 443 g/mol. The Kier molecular flexibility index (Phi) is 8.19. The highest BCUT2D eigenvalue weighted by atomic mass is 32.2. The molecule has 0 spiro atoms. The van der Waals surface area contributed by atoms with Gasteiger partial charge in [-0.3, -0.25) is 4.79 Å². The largest absolute Gasteiger partial charge is 0.494 e. The van der Waals surface area contributed by atoms with E-state index < -0.39 is 22.0 Å². The molecule has 3 aromatic rings. The van der Waals surface area contributed by atoms with E-state index in [-0.39, 0.29) is 23.8 Å². The summed E-state index contributed by atoms with van der Waals surface area (Å²) in [5.74, 6) is -0.262. The van der Waals surface area contributed by atoms with Gasteiger partial charge in [-0.15, -0.1) is 0 Å². The van der Waals surface area contributed by atoms with Crippen molar-refractivity contribution in [1.29, 1.82) is 0 Å². The van der Waals surface area contributed by atoms with Crippen molar-refractivity contribution < 1.29 is 22.3 Å². The minimum absolute atomic E-state index is 0.0364. The van der Waals surface area contributed by atoms with Gasteiger partial charge in [0.25, 0.3) is 0 Å². The molecule has 0 bridgehead atoms. The number of rotatable bonds is 10. The number of halogens is 1. The topological polar surface area (TPSA) is 75.7 Å². The lowest BCUT2D eigenvalue weighted by molar-refractivity contribution is -0.122. The van der Waals surface area contributed by atoms with Gasteiger partial charge in [-0.2, -0.15) is 4.31 Å². The van der Waals surface area contributed by atoms with Crippen molar-refractivity contribution in [3.63, 3.8) is 0 Å². The minimum Gasteiger partial charge on any atom is -0.494 e. The van der Waals surface area contributed by atoms with Crippen molar-refractivity contribution in [1.82, 2.24) is 9.62 Å². The van der Waals surface area contributed by atoms with Gasteiger partial charge in [-0.25, -0.2) is 12.8 Å². The van der Waals surface area contributed by atoms with Crippen LogP contribution in [0, 0.1) is 5.82 Å². The van der Waals surface area contributed by atoms with E-state index in [1.54, 1.807) is 43.3 Å². The summed E-state index contributed by atoms with van der Waals surface area (Å²) in [4.78, 5) is 12.9. The van der Waals surface area contributed by atoms with E-state index in [2.05, 4.69) is 5.32 Å². The Balaban J connectivity index is 1.81. The average Bonchev–Trinajstić information content (AvgIpc) is 2.80. The first-order valence-corrected chi connectivity index (χ1v) is 12.1. The summed E-state index contributed by atoms with van der Waals surface area (Å²) in [6, 6.07) is 20.6. The van der Waals surface area contributed by atoms with E-state index >= 15 is 0 Å². The molecule has 6 nitrogen and oxygen atoms in total. The molecule has 1 amide bonds. The molecule has 0 heterocycles. The predicted molar refractivity (Wildman–Crippen MR) is 125 cm³/mol. The molecule has 3 aromatic carbocycles. The first-order chi connectivity index (χ1) is 15.8. The second-order valence-corrected chi connectivity index (χ2v) is 9.44. The number of hydrogen-bond donors (Lipinski definition) is 1. The summed E-state index contributed by atoms with van der Waals surface area (Å²) < 4.78 is 46.5. The van der Waals surface area contributed by atoms with Gasteiger partial charge in [0.2, 0.25) is 15.9 Å². The summed E-state index contributed by atoms with van der Waals surface area (Å²) in [5.41, 5.74) is 1.47. The quantitative estimate of drug-likeness (QED) is 0.480. The average molecular weight is 471 g/mol. The number of sulfonamides is 1. The molecule has 0 saturated carbocycles. The number of amides is 1. The van der Waals surface area contributed by atoms with Gasteiger partial charge in [0.15, 0.2) is 0 Å². The van der Waals surface area contributed by atoms with E-state index in [0.717, 1.165) is 9.87 Å². The zero-order valence-electron chi connectivity index (χ0n) is 18.6. The molecule has 0 saturated heterocycles. The van der Waals surface area contributed by atoms with Crippen molar-refractivity contribution >= 4 is 15.9 Å². The fourth-order valence-corrected chi connectivity index (χ4v) is 4.70. The van der Waals surface area contributed by atoms with E-state index in [1.165, 1.54) is 24.3 Å². The first kappa shape index (κ1) is 24.4. The lowest BCUT2D eigenvalue weighted by atomic mass is 10.1. The van der Waals surface area contributed by atoms with Crippen LogP contribution in [0.2, 0.25) is 0 Å². The molecule has 0 fully saturated rings. The predicted octanol–water partition coefficient (Wildman–Crippen LogP) is 4.29. The summed E-state index contributed by atoms with van der Waals surface area (Å²) in [6.07, 6.45) is 0. The van der Waals surface area contributed by atoms with E-state index in [9.17, 15) is 17.6 Å². The molecule has 0 aliphatic heterocycles. The van der Waals surface area contributed by atoms with Crippen molar-refractivity contribution in [2.24, 2.45) is 0 Å². The number of carbonyl (C=O) groups is 1. The summed E-state index contributed by atoms with van der Waals surface area (Å²) in [7, 11) is -3.96. The van der Waals surface area contributed by atoms with Crippen LogP contribution in [0.4, 0.5) is 4.39 Å². The molecule has 0 aliphatic carbocycles. The number of ether oxygens (including phenoxy) is 1. The van der Waals surface area contributed by atoms with Crippen molar-refractivity contribution in [2.75, 3.05) is 13.2 Å². The number of nitrogens with zero attached hydrogens (tertiary/aromatic N) is 1. The number of hydrogen-bond acceptors (Lipinski definition) is 4. The third-order valence-corrected chi connectivity index (χ3v) is 6.85. The van der Waals surface area contributed by atoms with Crippen LogP contribution in [-0.2, 0) is 21.4 Å². The Morgan fingerprint density at radius 2 is 1.64 bits per heavy atom. The normalized spacial score (nSPS) is 12.4. The third kappa shape index (κ3) is 6.63. The number of nitrogens with one attached hydrogen (secondary N) is 1. The molecule has 0 aliphatic rings. The lowest BCUT2D eigenvalue weighted by Crippen LogP contribution is -2.41. The monoisotopic (exact) mass is 470 g/mol. The van der Waals surface area contributed by atoms with Gasteiger partial charge in [0, 0.05) is 6.54 Å². The van der Waals surface area contributed by atoms with Gasteiger partial charge in [-0.05, 0) is 61.4 Å². The molecule has 1 unspecified atom stereocenters. The van der Waals surface area contributed by atoms with Crippen LogP contribution in [0.5, 0.6) is 5.75 Å². The maximum Gasteiger partial charge on any atom is 0.243 e. The second kappa shape index (κ2) is 11.1. The Labute approximate surface area is 194 Å². The van der Waals surface area contributed by atoms with Gasteiger partial charge in [-0.1, -0.05) is 42.5 Å². The Morgan fingerprint density at radius 1 is 1.00 bits per heavy atom. The minimum atomic E-state index is -3.96. The van der Waals surface area contributed by atoms with Gasteiger partial charge in [0.05, 0.1) is 24.1 Å². The van der Waals surface area contributed by atoms with Gasteiger partial charge >= 0.3 is 0 Å². The van der Waals surface area contributed by atoms with E-state index in [1.807, 2.05) is 25.1 Å². The smallest absolute Gasteiger partial charge is 0.243 e. The molecule has 174 valence electrons. The van der Waals surface area contributed by atoms with Gasteiger partial charge in [0.1, 0.15) is 11.6 Å². The van der Waals surface area contributed by atoms with Crippen LogP contribution in [-0.4, -0.2) is 31.8 Å². The Bertz CT molecular complexity index is 1150. The van der Waals surface area contributed by atoms with E-state index in [4.69, 9.17) is 4.74 Å². The summed E-state index contributed by atoms with van der Waals surface area (Å²) in [5, 5.41) is 2.79.